The molecule has 0 radical (unpaired) electrons. The number of ketones is 1. The largest absolute Gasteiger partial charge is 0.497 e. The van der Waals surface area contributed by atoms with E-state index in [4.69, 9.17) is 9.72 Å². The topological polar surface area (TPSA) is 59.9 Å². The van der Waals surface area contributed by atoms with Crippen LogP contribution in [0.15, 0.2) is 72.0 Å². The highest BCUT2D eigenvalue weighted by molar-refractivity contribution is 7.99. The Balaban J connectivity index is 1.70. The number of benzene rings is 2. The van der Waals surface area contributed by atoms with Crippen molar-refractivity contribution in [2.75, 3.05) is 12.9 Å². The number of nitrogens with zero attached hydrogens (tertiary/aromatic N) is 2. The van der Waals surface area contributed by atoms with Crippen LogP contribution in [-0.4, -0.2) is 33.2 Å². The molecule has 0 aliphatic carbocycles. The molecule has 0 unspecified atom stereocenters. The number of aromatic nitrogens is 3. The smallest absolute Gasteiger partial charge is 0.189 e. The van der Waals surface area contributed by atoms with E-state index in [2.05, 4.69) is 9.55 Å². The molecule has 0 saturated heterocycles. The minimum atomic E-state index is 0.0494. The van der Waals surface area contributed by atoms with E-state index in [-0.39, 0.29) is 5.78 Å². The molecule has 0 saturated carbocycles. The first kappa shape index (κ1) is 16.5. The molecule has 0 atom stereocenters. The lowest BCUT2D eigenvalue weighted by Crippen LogP contribution is -2.04. The molecule has 2 heterocycles. The summed E-state index contributed by atoms with van der Waals surface area (Å²) in [5.41, 5.74) is 3.50. The van der Waals surface area contributed by atoms with E-state index in [1.807, 2.05) is 54.6 Å². The summed E-state index contributed by atoms with van der Waals surface area (Å²) < 4.78 is 7.32. The van der Waals surface area contributed by atoms with Gasteiger partial charge >= 0.3 is 0 Å². The van der Waals surface area contributed by atoms with Gasteiger partial charge in [-0.2, -0.15) is 0 Å². The van der Waals surface area contributed by atoms with Crippen molar-refractivity contribution < 1.29 is 9.53 Å². The lowest BCUT2D eigenvalue weighted by molar-refractivity contribution is 0.101. The fraction of sp³-hybridized carbons (Fsp3) is 0.100. The maximum Gasteiger partial charge on any atom is 0.189 e. The van der Waals surface area contributed by atoms with Gasteiger partial charge in [0, 0.05) is 11.9 Å². The summed E-state index contributed by atoms with van der Waals surface area (Å²) >= 11 is 1.43. The molecule has 26 heavy (non-hydrogen) atoms. The van der Waals surface area contributed by atoms with Crippen LogP contribution in [-0.2, 0) is 0 Å². The van der Waals surface area contributed by atoms with E-state index in [1.165, 1.54) is 11.8 Å². The number of carbonyl (C=O) groups is 1. The Morgan fingerprint density at radius 2 is 1.92 bits per heavy atom. The Morgan fingerprint density at radius 3 is 2.65 bits per heavy atom. The van der Waals surface area contributed by atoms with Gasteiger partial charge in [0.15, 0.2) is 10.9 Å². The maximum absolute atomic E-state index is 12.3. The van der Waals surface area contributed by atoms with Crippen molar-refractivity contribution >= 4 is 28.6 Å². The highest BCUT2D eigenvalue weighted by Gasteiger charge is 2.15. The summed E-state index contributed by atoms with van der Waals surface area (Å²) in [5.74, 6) is 1.17. The molecule has 0 fully saturated rings. The molecule has 0 bridgehead atoms. The second-order valence-electron chi connectivity index (χ2n) is 5.71. The van der Waals surface area contributed by atoms with Crippen molar-refractivity contribution in [3.63, 3.8) is 0 Å². The van der Waals surface area contributed by atoms with Crippen LogP contribution < -0.4 is 4.74 Å². The van der Waals surface area contributed by atoms with Gasteiger partial charge < -0.3 is 9.72 Å². The lowest BCUT2D eigenvalue weighted by atomic mass is 10.2. The first-order chi connectivity index (χ1) is 12.8. The van der Waals surface area contributed by atoms with Crippen LogP contribution >= 0.6 is 11.8 Å². The second-order valence-corrected chi connectivity index (χ2v) is 6.65. The Morgan fingerprint density at radius 1 is 1.12 bits per heavy atom. The molecule has 4 rings (SSSR count). The average Bonchev–Trinajstić information content (AvgIpc) is 3.34. The van der Waals surface area contributed by atoms with Crippen molar-refractivity contribution in [3.8, 4) is 11.4 Å². The van der Waals surface area contributed by atoms with Crippen LogP contribution in [0, 0.1) is 0 Å². The molecule has 0 aliphatic heterocycles. The van der Waals surface area contributed by atoms with Gasteiger partial charge in [0.1, 0.15) is 5.75 Å². The fourth-order valence-corrected chi connectivity index (χ4v) is 3.70. The van der Waals surface area contributed by atoms with Crippen LogP contribution in [0.2, 0.25) is 0 Å². The summed E-state index contributed by atoms with van der Waals surface area (Å²) in [4.78, 5) is 20.0. The average molecular weight is 363 g/mol. The van der Waals surface area contributed by atoms with E-state index in [1.54, 1.807) is 19.4 Å². The number of methoxy groups -OCH3 is 1. The summed E-state index contributed by atoms with van der Waals surface area (Å²) in [6, 6.07) is 19.4. The third-order valence-electron chi connectivity index (χ3n) is 4.09. The van der Waals surface area contributed by atoms with E-state index in [0.29, 0.717) is 11.4 Å². The number of carbonyl (C=O) groups excluding carboxylic acids is 1. The highest BCUT2D eigenvalue weighted by atomic mass is 32.2. The quantitative estimate of drug-likeness (QED) is 0.409. The van der Waals surface area contributed by atoms with Gasteiger partial charge in [-0.1, -0.05) is 23.9 Å². The number of ether oxygens (including phenoxy) is 1. The van der Waals surface area contributed by atoms with E-state index >= 15 is 0 Å². The number of rotatable bonds is 6. The van der Waals surface area contributed by atoms with Gasteiger partial charge in [0.2, 0.25) is 0 Å². The molecule has 2 aromatic heterocycles. The number of nitrogens with one attached hydrogen (secondary N) is 1. The molecular weight excluding hydrogens is 346 g/mol. The summed E-state index contributed by atoms with van der Waals surface area (Å²) in [7, 11) is 1.65. The Bertz CT molecular complexity index is 1040. The highest BCUT2D eigenvalue weighted by Crippen LogP contribution is 2.29. The van der Waals surface area contributed by atoms with Crippen LogP contribution in [0.1, 0.15) is 10.5 Å². The standard InChI is InChI=1S/C20H17N3O2S/c1-25-15-10-8-14(9-11-15)23-18-7-3-2-5-16(18)22-20(23)26-13-19(24)17-6-4-12-21-17/h2-12,21H,13H2,1H3. The van der Waals surface area contributed by atoms with Gasteiger partial charge in [-0.15, -0.1) is 0 Å². The summed E-state index contributed by atoms with van der Waals surface area (Å²) in [6.07, 6.45) is 1.75. The molecule has 4 aromatic rings. The van der Waals surface area contributed by atoms with Gasteiger partial charge in [-0.25, -0.2) is 4.98 Å². The summed E-state index contributed by atoms with van der Waals surface area (Å²) in [5, 5.41) is 0.788. The number of fused-ring (bicyclic) bond motifs is 1. The van der Waals surface area contributed by atoms with Gasteiger partial charge in [0.05, 0.1) is 29.6 Å². The molecule has 1 N–H and O–H groups in total. The second kappa shape index (κ2) is 7.09. The molecule has 0 spiro atoms. The Labute approximate surface area is 155 Å². The Hall–Kier alpha value is -2.99. The van der Waals surface area contributed by atoms with E-state index < -0.39 is 0 Å². The molecular formula is C20H17N3O2S. The van der Waals surface area contributed by atoms with Crippen molar-refractivity contribution in [1.82, 2.24) is 14.5 Å². The SMILES string of the molecule is COc1ccc(-n2c(SCC(=O)c3ccc[nH]3)nc3ccccc32)cc1. The fourth-order valence-electron chi connectivity index (χ4n) is 2.79. The first-order valence-electron chi connectivity index (χ1n) is 8.17. The minimum absolute atomic E-state index is 0.0494. The third-order valence-corrected chi connectivity index (χ3v) is 5.03. The third kappa shape index (κ3) is 3.11. The van der Waals surface area contributed by atoms with Gasteiger partial charge in [-0.3, -0.25) is 9.36 Å². The zero-order valence-electron chi connectivity index (χ0n) is 14.2. The van der Waals surface area contributed by atoms with Crippen LogP contribution in [0.4, 0.5) is 0 Å². The zero-order chi connectivity index (χ0) is 17.9. The predicted octanol–water partition coefficient (Wildman–Crippen LogP) is 4.34. The van der Waals surface area contributed by atoms with Crippen molar-refractivity contribution in [3.05, 3.63) is 72.6 Å². The summed E-state index contributed by atoms with van der Waals surface area (Å²) in [6.45, 7) is 0. The van der Waals surface area contributed by atoms with Crippen molar-refractivity contribution in [2.24, 2.45) is 0 Å². The number of hydrogen-bond donors (Lipinski definition) is 1. The minimum Gasteiger partial charge on any atom is -0.497 e. The number of hydrogen-bond acceptors (Lipinski definition) is 4. The van der Waals surface area contributed by atoms with Crippen LogP contribution in [0.5, 0.6) is 5.75 Å². The van der Waals surface area contributed by atoms with E-state index in [9.17, 15) is 4.79 Å². The number of aromatic amines is 1. The monoisotopic (exact) mass is 363 g/mol. The molecule has 0 amide bonds. The predicted molar refractivity (Wildman–Crippen MR) is 103 cm³/mol. The van der Waals surface area contributed by atoms with Crippen molar-refractivity contribution in [2.45, 2.75) is 5.16 Å². The number of para-hydroxylation sites is 2. The van der Waals surface area contributed by atoms with E-state index in [0.717, 1.165) is 27.6 Å². The lowest BCUT2D eigenvalue weighted by Gasteiger charge is -2.09. The zero-order valence-corrected chi connectivity index (χ0v) is 15.0. The van der Waals surface area contributed by atoms with Crippen molar-refractivity contribution in [1.29, 1.82) is 0 Å². The van der Waals surface area contributed by atoms with Crippen LogP contribution in [0.3, 0.4) is 0 Å². The number of imidazole rings is 1. The maximum atomic E-state index is 12.3. The molecule has 6 heteroatoms. The molecule has 130 valence electrons. The normalized spacial score (nSPS) is 11.0. The molecule has 2 aromatic carbocycles. The molecule has 0 aliphatic rings. The number of thioether (sulfide) groups is 1. The van der Waals surface area contributed by atoms with Gasteiger partial charge in [0.25, 0.3) is 0 Å². The molecule has 5 nitrogen and oxygen atoms in total. The number of H-pyrrole nitrogens is 1. The van der Waals surface area contributed by atoms with Gasteiger partial charge in [-0.05, 0) is 48.5 Å². The Kier molecular flexibility index (Phi) is 4.50. The first-order valence-corrected chi connectivity index (χ1v) is 9.16. The number of Topliss-reactive ketones (excluding diaryl/α,β-unsaturated/α-hetero) is 1. The van der Waals surface area contributed by atoms with Crippen LogP contribution in [0.25, 0.3) is 16.7 Å².